The third kappa shape index (κ3) is 2.22. The normalized spacial score (nSPS) is 32.4. The van der Waals surface area contributed by atoms with Crippen LogP contribution >= 0.6 is 0 Å². The van der Waals surface area contributed by atoms with Gasteiger partial charge in [0.15, 0.2) is 6.17 Å². The zero-order valence-corrected chi connectivity index (χ0v) is 9.32. The standard InChI is InChI=1S/C10H13FN2O5/c11-8-5(4-18-6(3-14)9(8)16)13-2-1-7(15)12-10(13)17/h1-2,5-6,8-9,14,16H,3-4H2,(H,12,15,17)/t5-,6-,8+,9-/m1/s1. The molecule has 0 aromatic carbocycles. The Kier molecular flexibility index (Phi) is 3.60. The quantitative estimate of drug-likeness (QED) is 0.580. The molecule has 7 nitrogen and oxygen atoms in total. The summed E-state index contributed by atoms with van der Waals surface area (Å²) >= 11 is 0. The number of hydrogen-bond donors (Lipinski definition) is 3. The van der Waals surface area contributed by atoms with Gasteiger partial charge >= 0.3 is 5.69 Å². The first-order valence-electron chi connectivity index (χ1n) is 5.40. The molecule has 1 fully saturated rings. The Bertz CT molecular complexity index is 527. The topological polar surface area (TPSA) is 105 Å². The summed E-state index contributed by atoms with van der Waals surface area (Å²) < 4.78 is 20.0. The first kappa shape index (κ1) is 12.9. The van der Waals surface area contributed by atoms with E-state index in [0.717, 1.165) is 16.8 Å². The van der Waals surface area contributed by atoms with Gasteiger partial charge in [-0.2, -0.15) is 0 Å². The maximum atomic E-state index is 14.0. The highest BCUT2D eigenvalue weighted by molar-refractivity contribution is 4.94. The van der Waals surface area contributed by atoms with Crippen molar-refractivity contribution in [1.82, 2.24) is 9.55 Å². The lowest BCUT2D eigenvalue weighted by Crippen LogP contribution is -2.52. The molecule has 0 unspecified atom stereocenters. The molecule has 1 aliphatic rings. The number of alkyl halides is 1. The number of rotatable bonds is 2. The Morgan fingerprint density at radius 1 is 1.56 bits per heavy atom. The third-order valence-corrected chi connectivity index (χ3v) is 2.94. The summed E-state index contributed by atoms with van der Waals surface area (Å²) in [4.78, 5) is 24.4. The van der Waals surface area contributed by atoms with Crippen LogP contribution < -0.4 is 11.2 Å². The summed E-state index contributed by atoms with van der Waals surface area (Å²) in [7, 11) is 0. The van der Waals surface area contributed by atoms with Crippen molar-refractivity contribution >= 4 is 0 Å². The highest BCUT2D eigenvalue weighted by Gasteiger charge is 2.40. The van der Waals surface area contributed by atoms with Crippen LogP contribution in [0.3, 0.4) is 0 Å². The Balaban J connectivity index is 2.29. The molecule has 0 radical (unpaired) electrons. The number of hydrogen-bond acceptors (Lipinski definition) is 5. The van der Waals surface area contributed by atoms with Crippen LogP contribution in [-0.2, 0) is 4.74 Å². The number of H-pyrrole nitrogens is 1. The van der Waals surface area contributed by atoms with Gasteiger partial charge in [0.05, 0.1) is 19.3 Å². The largest absolute Gasteiger partial charge is 0.394 e. The molecule has 0 aliphatic carbocycles. The highest BCUT2D eigenvalue weighted by Crippen LogP contribution is 2.25. The van der Waals surface area contributed by atoms with Crippen molar-refractivity contribution in [3.8, 4) is 0 Å². The number of nitrogens with zero attached hydrogens (tertiary/aromatic N) is 1. The van der Waals surface area contributed by atoms with Gasteiger partial charge in [0, 0.05) is 12.3 Å². The minimum absolute atomic E-state index is 0.171. The van der Waals surface area contributed by atoms with Crippen LogP contribution in [0.5, 0.6) is 0 Å². The van der Waals surface area contributed by atoms with Gasteiger partial charge in [0.2, 0.25) is 0 Å². The molecular formula is C10H13FN2O5. The second kappa shape index (κ2) is 5.01. The maximum Gasteiger partial charge on any atom is 0.328 e. The van der Waals surface area contributed by atoms with Gasteiger partial charge in [-0.05, 0) is 0 Å². The minimum Gasteiger partial charge on any atom is -0.394 e. The van der Waals surface area contributed by atoms with Crippen LogP contribution in [-0.4, -0.2) is 51.4 Å². The fourth-order valence-corrected chi connectivity index (χ4v) is 1.93. The lowest BCUT2D eigenvalue weighted by atomic mass is 9.99. The van der Waals surface area contributed by atoms with E-state index in [2.05, 4.69) is 0 Å². The van der Waals surface area contributed by atoms with Crippen LogP contribution in [0.15, 0.2) is 21.9 Å². The smallest absolute Gasteiger partial charge is 0.328 e. The fourth-order valence-electron chi connectivity index (χ4n) is 1.93. The van der Waals surface area contributed by atoms with Crippen molar-refractivity contribution in [2.45, 2.75) is 24.4 Å². The molecular weight excluding hydrogens is 247 g/mol. The van der Waals surface area contributed by atoms with Crippen LogP contribution in [0.4, 0.5) is 4.39 Å². The second-order valence-corrected chi connectivity index (χ2v) is 4.07. The van der Waals surface area contributed by atoms with E-state index in [1.165, 1.54) is 0 Å². The Morgan fingerprint density at radius 2 is 2.28 bits per heavy atom. The van der Waals surface area contributed by atoms with E-state index in [1.807, 2.05) is 4.98 Å². The number of aromatic nitrogens is 2. The molecule has 8 heteroatoms. The zero-order valence-electron chi connectivity index (χ0n) is 9.32. The molecule has 0 spiro atoms. The number of aromatic amines is 1. The summed E-state index contributed by atoms with van der Waals surface area (Å²) in [6, 6.07) is 0.0469. The summed E-state index contributed by atoms with van der Waals surface area (Å²) in [5.41, 5.74) is -1.36. The van der Waals surface area contributed by atoms with Crippen molar-refractivity contribution in [2.75, 3.05) is 13.2 Å². The molecule has 4 atom stereocenters. The van der Waals surface area contributed by atoms with Crippen molar-refractivity contribution in [1.29, 1.82) is 0 Å². The molecule has 0 amide bonds. The molecule has 2 rings (SSSR count). The van der Waals surface area contributed by atoms with Crippen molar-refractivity contribution in [3.63, 3.8) is 0 Å². The summed E-state index contributed by atoms with van der Waals surface area (Å²) in [6.07, 6.45) is -3.14. The molecule has 3 N–H and O–H groups in total. The molecule has 1 aromatic heterocycles. The van der Waals surface area contributed by atoms with Gasteiger partial charge in [-0.15, -0.1) is 0 Å². The Hall–Kier alpha value is -1.51. The number of ether oxygens (including phenoxy) is 1. The minimum atomic E-state index is -1.76. The average Bonchev–Trinajstić information content (AvgIpc) is 2.34. The van der Waals surface area contributed by atoms with Crippen molar-refractivity contribution < 1.29 is 19.3 Å². The molecule has 1 aliphatic heterocycles. The monoisotopic (exact) mass is 260 g/mol. The SMILES string of the molecule is O=c1ccn([C@@H]2CO[C@H](CO)[C@@H](O)[C@H]2F)c(=O)[nH]1. The van der Waals surface area contributed by atoms with Gasteiger partial charge in [0.1, 0.15) is 12.2 Å². The van der Waals surface area contributed by atoms with Crippen LogP contribution in [0.2, 0.25) is 0 Å². The van der Waals surface area contributed by atoms with E-state index in [0.29, 0.717) is 0 Å². The molecule has 100 valence electrons. The molecule has 2 heterocycles. The molecule has 1 aromatic rings. The van der Waals surface area contributed by atoms with E-state index in [-0.39, 0.29) is 6.61 Å². The maximum absolute atomic E-state index is 14.0. The number of aliphatic hydroxyl groups excluding tert-OH is 2. The fraction of sp³-hybridized carbons (Fsp3) is 0.600. The lowest BCUT2D eigenvalue weighted by Gasteiger charge is -2.36. The summed E-state index contributed by atoms with van der Waals surface area (Å²) in [5.74, 6) is 0. The molecule has 18 heavy (non-hydrogen) atoms. The first-order chi connectivity index (χ1) is 8.54. The first-order valence-corrected chi connectivity index (χ1v) is 5.40. The van der Waals surface area contributed by atoms with Crippen LogP contribution in [0.25, 0.3) is 0 Å². The summed E-state index contributed by atoms with van der Waals surface area (Å²) in [5, 5.41) is 18.4. The van der Waals surface area contributed by atoms with E-state index in [9.17, 15) is 19.1 Å². The average molecular weight is 260 g/mol. The highest BCUT2D eigenvalue weighted by atomic mass is 19.1. The van der Waals surface area contributed by atoms with Crippen molar-refractivity contribution in [3.05, 3.63) is 33.1 Å². The van der Waals surface area contributed by atoms with Gasteiger partial charge < -0.3 is 14.9 Å². The predicted octanol–water partition coefficient (Wildman–Crippen LogP) is -1.83. The number of nitrogens with one attached hydrogen (secondary N) is 1. The summed E-state index contributed by atoms with van der Waals surface area (Å²) in [6.45, 7) is -0.676. The van der Waals surface area contributed by atoms with Crippen LogP contribution in [0.1, 0.15) is 6.04 Å². The van der Waals surface area contributed by atoms with E-state index < -0.39 is 42.3 Å². The second-order valence-electron chi connectivity index (χ2n) is 4.07. The van der Waals surface area contributed by atoms with Gasteiger partial charge in [0.25, 0.3) is 5.56 Å². The zero-order chi connectivity index (χ0) is 13.3. The van der Waals surface area contributed by atoms with E-state index in [4.69, 9.17) is 9.84 Å². The number of aliphatic hydroxyl groups is 2. The third-order valence-electron chi connectivity index (χ3n) is 2.94. The van der Waals surface area contributed by atoms with Gasteiger partial charge in [-0.3, -0.25) is 14.3 Å². The van der Waals surface area contributed by atoms with Gasteiger partial charge in [-0.1, -0.05) is 0 Å². The molecule has 1 saturated heterocycles. The van der Waals surface area contributed by atoms with E-state index >= 15 is 0 Å². The molecule has 0 bridgehead atoms. The van der Waals surface area contributed by atoms with Crippen LogP contribution in [0, 0.1) is 0 Å². The lowest BCUT2D eigenvalue weighted by molar-refractivity contribution is -0.149. The Morgan fingerprint density at radius 3 is 2.89 bits per heavy atom. The van der Waals surface area contributed by atoms with Gasteiger partial charge in [-0.25, -0.2) is 9.18 Å². The predicted molar refractivity (Wildman–Crippen MR) is 58.1 cm³/mol. The number of halogens is 1. The van der Waals surface area contributed by atoms with Crippen molar-refractivity contribution in [2.24, 2.45) is 0 Å². The Labute approximate surface area is 100 Å². The molecule has 0 saturated carbocycles. The van der Waals surface area contributed by atoms with E-state index in [1.54, 1.807) is 0 Å².